The number of carbonyl (C=O) groups is 1. The van der Waals surface area contributed by atoms with Crippen molar-refractivity contribution < 1.29 is 9.90 Å². The maximum Gasteiger partial charge on any atom is 0.309 e. The van der Waals surface area contributed by atoms with E-state index in [2.05, 4.69) is 20.8 Å². The minimum Gasteiger partial charge on any atom is -0.481 e. The summed E-state index contributed by atoms with van der Waals surface area (Å²) in [6.07, 6.45) is 13.1. The van der Waals surface area contributed by atoms with Crippen LogP contribution in [0.15, 0.2) is 0 Å². The van der Waals surface area contributed by atoms with Crippen LogP contribution in [0.2, 0.25) is 0 Å². The van der Waals surface area contributed by atoms with Crippen molar-refractivity contribution in [1.29, 1.82) is 0 Å². The first kappa shape index (κ1) is 18.5. The van der Waals surface area contributed by atoms with Crippen LogP contribution in [0.4, 0.5) is 0 Å². The summed E-state index contributed by atoms with van der Waals surface area (Å²) >= 11 is 0. The molecule has 1 unspecified atom stereocenters. The van der Waals surface area contributed by atoms with Gasteiger partial charge in [0, 0.05) is 0 Å². The molecule has 1 atom stereocenters. The van der Waals surface area contributed by atoms with Gasteiger partial charge in [0.15, 0.2) is 0 Å². The molecule has 0 radical (unpaired) electrons. The average molecular weight is 270 g/mol. The van der Waals surface area contributed by atoms with Crippen molar-refractivity contribution in [3.8, 4) is 0 Å². The van der Waals surface area contributed by atoms with Gasteiger partial charge in [0.05, 0.1) is 5.41 Å². The fourth-order valence-corrected chi connectivity index (χ4v) is 2.93. The molecule has 2 heteroatoms. The molecule has 19 heavy (non-hydrogen) atoms. The lowest BCUT2D eigenvalue weighted by molar-refractivity contribution is -0.150. The third-order valence-electron chi connectivity index (χ3n) is 4.20. The molecule has 0 amide bonds. The van der Waals surface area contributed by atoms with Crippen LogP contribution < -0.4 is 0 Å². The van der Waals surface area contributed by atoms with Gasteiger partial charge < -0.3 is 5.11 Å². The minimum absolute atomic E-state index is 0.435. The van der Waals surface area contributed by atoms with E-state index in [4.69, 9.17) is 0 Å². The molecule has 0 rings (SSSR count). The predicted octanol–water partition coefficient (Wildman–Crippen LogP) is 5.80. The predicted molar refractivity (Wildman–Crippen MR) is 82.5 cm³/mol. The van der Waals surface area contributed by atoms with Crippen molar-refractivity contribution in [3.63, 3.8) is 0 Å². The van der Waals surface area contributed by atoms with Gasteiger partial charge in [0.1, 0.15) is 0 Å². The number of carboxylic acids is 1. The summed E-state index contributed by atoms with van der Waals surface area (Å²) in [6.45, 7) is 6.47. The lowest BCUT2D eigenvalue weighted by Crippen LogP contribution is -2.31. The standard InChI is InChI=1S/C17H34O2/c1-4-7-9-10-11-12-15-17(13-6-3,16(18)19)14-8-5-2/h4-15H2,1-3H3,(H,18,19). The zero-order chi connectivity index (χ0) is 14.6. The van der Waals surface area contributed by atoms with E-state index in [0.29, 0.717) is 0 Å². The molecular weight excluding hydrogens is 236 g/mol. The number of carboxylic acid groups (broad SMARTS) is 1. The maximum atomic E-state index is 11.7. The quantitative estimate of drug-likeness (QED) is 0.429. The molecule has 0 aromatic rings. The fraction of sp³-hybridized carbons (Fsp3) is 0.941. The summed E-state index contributed by atoms with van der Waals surface area (Å²) in [5.41, 5.74) is -0.435. The molecule has 0 spiro atoms. The second-order valence-corrected chi connectivity index (χ2v) is 5.96. The largest absolute Gasteiger partial charge is 0.481 e. The highest BCUT2D eigenvalue weighted by Crippen LogP contribution is 2.36. The van der Waals surface area contributed by atoms with Crippen molar-refractivity contribution in [1.82, 2.24) is 0 Å². The van der Waals surface area contributed by atoms with Gasteiger partial charge in [-0.2, -0.15) is 0 Å². The molecule has 0 aliphatic heterocycles. The Morgan fingerprint density at radius 1 is 0.737 bits per heavy atom. The molecule has 2 nitrogen and oxygen atoms in total. The summed E-state index contributed by atoms with van der Waals surface area (Å²) in [6, 6.07) is 0. The smallest absolute Gasteiger partial charge is 0.309 e. The molecule has 0 aromatic carbocycles. The van der Waals surface area contributed by atoms with Gasteiger partial charge in [0.25, 0.3) is 0 Å². The van der Waals surface area contributed by atoms with E-state index in [1.54, 1.807) is 0 Å². The molecule has 0 aromatic heterocycles. The summed E-state index contributed by atoms with van der Waals surface area (Å²) in [5.74, 6) is -0.559. The van der Waals surface area contributed by atoms with E-state index < -0.39 is 11.4 Å². The van der Waals surface area contributed by atoms with E-state index >= 15 is 0 Å². The van der Waals surface area contributed by atoms with E-state index in [1.165, 1.54) is 32.1 Å². The normalized spacial score (nSPS) is 14.3. The Bertz CT molecular complexity index is 225. The molecule has 0 saturated heterocycles. The van der Waals surface area contributed by atoms with Crippen molar-refractivity contribution in [2.75, 3.05) is 0 Å². The Kier molecular flexibility index (Phi) is 11.0. The van der Waals surface area contributed by atoms with Crippen LogP contribution in [0.3, 0.4) is 0 Å². The Hall–Kier alpha value is -0.530. The highest BCUT2D eigenvalue weighted by atomic mass is 16.4. The number of hydrogen-bond acceptors (Lipinski definition) is 1. The molecule has 0 aliphatic carbocycles. The van der Waals surface area contributed by atoms with E-state index in [9.17, 15) is 9.90 Å². The third-order valence-corrected chi connectivity index (χ3v) is 4.20. The summed E-state index contributed by atoms with van der Waals surface area (Å²) in [5, 5.41) is 9.62. The van der Waals surface area contributed by atoms with Gasteiger partial charge >= 0.3 is 5.97 Å². The number of rotatable bonds is 13. The van der Waals surface area contributed by atoms with Crippen molar-refractivity contribution >= 4 is 5.97 Å². The number of unbranched alkanes of at least 4 members (excludes halogenated alkanes) is 6. The van der Waals surface area contributed by atoms with Crippen LogP contribution in [0, 0.1) is 5.41 Å². The Balaban J connectivity index is 4.19. The van der Waals surface area contributed by atoms with Crippen LogP contribution in [0.5, 0.6) is 0 Å². The zero-order valence-corrected chi connectivity index (χ0v) is 13.3. The first-order valence-corrected chi connectivity index (χ1v) is 8.36. The van der Waals surface area contributed by atoms with Crippen LogP contribution in [0.1, 0.15) is 97.8 Å². The molecule has 0 fully saturated rings. The van der Waals surface area contributed by atoms with E-state index in [1.807, 2.05) is 0 Å². The van der Waals surface area contributed by atoms with Crippen LogP contribution in [0.25, 0.3) is 0 Å². The van der Waals surface area contributed by atoms with Gasteiger partial charge in [-0.3, -0.25) is 4.79 Å². The van der Waals surface area contributed by atoms with Crippen molar-refractivity contribution in [2.45, 2.75) is 97.8 Å². The second kappa shape index (κ2) is 11.3. The lowest BCUT2D eigenvalue weighted by Gasteiger charge is -2.29. The summed E-state index contributed by atoms with van der Waals surface area (Å²) < 4.78 is 0. The van der Waals surface area contributed by atoms with E-state index in [-0.39, 0.29) is 0 Å². The first-order valence-electron chi connectivity index (χ1n) is 8.36. The highest BCUT2D eigenvalue weighted by molar-refractivity contribution is 5.74. The molecule has 0 bridgehead atoms. The molecule has 1 N–H and O–H groups in total. The lowest BCUT2D eigenvalue weighted by atomic mass is 9.75. The van der Waals surface area contributed by atoms with Crippen LogP contribution in [-0.2, 0) is 4.79 Å². The van der Waals surface area contributed by atoms with Crippen LogP contribution in [-0.4, -0.2) is 11.1 Å². The monoisotopic (exact) mass is 270 g/mol. The Morgan fingerprint density at radius 3 is 1.79 bits per heavy atom. The van der Waals surface area contributed by atoms with Crippen LogP contribution >= 0.6 is 0 Å². The van der Waals surface area contributed by atoms with Gasteiger partial charge in [-0.25, -0.2) is 0 Å². The Labute approximate surface area is 120 Å². The van der Waals surface area contributed by atoms with Crippen molar-refractivity contribution in [3.05, 3.63) is 0 Å². The van der Waals surface area contributed by atoms with Crippen molar-refractivity contribution in [2.24, 2.45) is 5.41 Å². The SMILES string of the molecule is CCCCCCCCC(CCC)(CCCC)C(=O)O. The average Bonchev–Trinajstić information content (AvgIpc) is 2.39. The topological polar surface area (TPSA) is 37.3 Å². The minimum atomic E-state index is -0.559. The van der Waals surface area contributed by atoms with Gasteiger partial charge in [-0.15, -0.1) is 0 Å². The molecule has 114 valence electrons. The maximum absolute atomic E-state index is 11.7. The summed E-state index contributed by atoms with van der Waals surface area (Å²) in [4.78, 5) is 11.7. The molecular formula is C17H34O2. The third kappa shape index (κ3) is 7.59. The molecule has 0 aliphatic rings. The van der Waals surface area contributed by atoms with Gasteiger partial charge in [-0.1, -0.05) is 78.6 Å². The van der Waals surface area contributed by atoms with Gasteiger partial charge in [-0.05, 0) is 19.3 Å². The zero-order valence-electron chi connectivity index (χ0n) is 13.3. The Morgan fingerprint density at radius 2 is 1.26 bits per heavy atom. The summed E-state index contributed by atoms with van der Waals surface area (Å²) in [7, 11) is 0. The fourth-order valence-electron chi connectivity index (χ4n) is 2.93. The number of hydrogen-bond donors (Lipinski definition) is 1. The second-order valence-electron chi connectivity index (χ2n) is 5.96. The van der Waals surface area contributed by atoms with E-state index in [0.717, 1.165) is 44.9 Å². The highest BCUT2D eigenvalue weighted by Gasteiger charge is 2.35. The first-order chi connectivity index (χ1) is 9.13. The molecule has 0 saturated carbocycles. The molecule has 0 heterocycles. The van der Waals surface area contributed by atoms with Gasteiger partial charge in [0.2, 0.25) is 0 Å². The number of aliphatic carboxylic acids is 1.